The molecule has 1 heterocycles. The Kier molecular flexibility index (Phi) is 4.23. The molecule has 1 aromatic rings. The maximum absolute atomic E-state index is 11.4. The van der Waals surface area contributed by atoms with E-state index in [1.54, 1.807) is 18.3 Å². The molecule has 0 aromatic carbocycles. The minimum atomic E-state index is 0.0830. The van der Waals surface area contributed by atoms with E-state index in [-0.39, 0.29) is 5.91 Å². The Balaban J connectivity index is 2.28. The first-order valence-electron chi connectivity index (χ1n) is 4.92. The molecule has 15 heavy (non-hydrogen) atoms. The van der Waals surface area contributed by atoms with E-state index >= 15 is 0 Å². The fourth-order valence-electron chi connectivity index (χ4n) is 1.06. The Bertz CT molecular complexity index is 322. The van der Waals surface area contributed by atoms with E-state index in [9.17, 15) is 4.79 Å². The van der Waals surface area contributed by atoms with E-state index in [2.05, 4.69) is 15.5 Å². The predicted molar refractivity (Wildman–Crippen MR) is 56.0 cm³/mol. The van der Waals surface area contributed by atoms with Crippen LogP contribution in [0.1, 0.15) is 12.7 Å². The molecule has 0 spiro atoms. The molecule has 84 valence electrons. The van der Waals surface area contributed by atoms with Crippen LogP contribution in [0.25, 0.3) is 0 Å². The van der Waals surface area contributed by atoms with Gasteiger partial charge in [0.05, 0.1) is 13.1 Å². The molecular formula is C9H17N5O. The van der Waals surface area contributed by atoms with E-state index < -0.39 is 0 Å². The zero-order valence-electron chi connectivity index (χ0n) is 9.40. The second-order valence-electron chi connectivity index (χ2n) is 3.37. The lowest BCUT2D eigenvalue weighted by Gasteiger charge is -2.14. The average Bonchev–Trinajstić information content (AvgIpc) is 2.63. The standard InChI is InChI=1S/C9H17N5O/c1-4-13(2)9(15)6-10-5-8-12-11-7-14(8)3/h7,10H,4-6H2,1-3H3. The van der Waals surface area contributed by atoms with Crippen molar-refractivity contribution in [2.45, 2.75) is 13.5 Å². The van der Waals surface area contributed by atoms with Crippen molar-refractivity contribution < 1.29 is 4.79 Å². The minimum Gasteiger partial charge on any atom is -0.345 e. The summed E-state index contributed by atoms with van der Waals surface area (Å²) in [5, 5.41) is 10.7. The smallest absolute Gasteiger partial charge is 0.236 e. The number of aryl methyl sites for hydroxylation is 1. The third-order valence-electron chi connectivity index (χ3n) is 2.26. The molecule has 0 atom stereocenters. The van der Waals surface area contributed by atoms with Crippen LogP contribution < -0.4 is 5.32 Å². The Hall–Kier alpha value is -1.43. The monoisotopic (exact) mass is 211 g/mol. The number of nitrogens with one attached hydrogen (secondary N) is 1. The van der Waals surface area contributed by atoms with Crippen LogP contribution in [0.2, 0.25) is 0 Å². The number of carbonyl (C=O) groups excluding carboxylic acids is 1. The van der Waals surface area contributed by atoms with Gasteiger partial charge in [0.15, 0.2) is 0 Å². The van der Waals surface area contributed by atoms with Crippen molar-refractivity contribution in [2.75, 3.05) is 20.1 Å². The summed E-state index contributed by atoms with van der Waals surface area (Å²) in [6.07, 6.45) is 1.64. The zero-order chi connectivity index (χ0) is 11.3. The molecule has 0 aliphatic heterocycles. The zero-order valence-corrected chi connectivity index (χ0v) is 9.40. The molecule has 0 saturated heterocycles. The largest absolute Gasteiger partial charge is 0.345 e. The van der Waals surface area contributed by atoms with Crippen molar-refractivity contribution in [1.29, 1.82) is 0 Å². The Morgan fingerprint density at radius 1 is 1.67 bits per heavy atom. The van der Waals surface area contributed by atoms with E-state index in [4.69, 9.17) is 0 Å². The predicted octanol–water partition coefficient (Wildman–Crippen LogP) is -0.617. The molecule has 6 heteroatoms. The van der Waals surface area contributed by atoms with Crippen molar-refractivity contribution in [2.24, 2.45) is 7.05 Å². The highest BCUT2D eigenvalue weighted by atomic mass is 16.2. The molecule has 1 aromatic heterocycles. The van der Waals surface area contributed by atoms with Crippen molar-refractivity contribution >= 4 is 5.91 Å². The number of carbonyl (C=O) groups is 1. The number of hydrogen-bond acceptors (Lipinski definition) is 4. The first-order chi connectivity index (χ1) is 7.15. The summed E-state index contributed by atoms with van der Waals surface area (Å²) < 4.78 is 1.82. The second-order valence-corrected chi connectivity index (χ2v) is 3.37. The summed E-state index contributed by atoms with van der Waals surface area (Å²) >= 11 is 0. The van der Waals surface area contributed by atoms with Gasteiger partial charge in [0.1, 0.15) is 12.2 Å². The summed E-state index contributed by atoms with van der Waals surface area (Å²) in [6, 6.07) is 0. The van der Waals surface area contributed by atoms with Crippen molar-refractivity contribution in [1.82, 2.24) is 25.0 Å². The Labute approximate surface area is 89.3 Å². The fraction of sp³-hybridized carbons (Fsp3) is 0.667. The highest BCUT2D eigenvalue weighted by Crippen LogP contribution is 1.90. The Morgan fingerprint density at radius 2 is 2.40 bits per heavy atom. The molecule has 1 amide bonds. The van der Waals surface area contributed by atoms with Gasteiger partial charge in [-0.1, -0.05) is 0 Å². The number of hydrogen-bond donors (Lipinski definition) is 1. The molecule has 0 fully saturated rings. The summed E-state index contributed by atoms with van der Waals surface area (Å²) in [5.41, 5.74) is 0. The molecule has 0 saturated carbocycles. The number of amides is 1. The van der Waals surface area contributed by atoms with Gasteiger partial charge in [-0.25, -0.2) is 0 Å². The maximum Gasteiger partial charge on any atom is 0.236 e. The average molecular weight is 211 g/mol. The molecule has 0 aliphatic rings. The lowest BCUT2D eigenvalue weighted by Crippen LogP contribution is -2.35. The van der Waals surface area contributed by atoms with Crippen LogP contribution in [0.5, 0.6) is 0 Å². The van der Waals surface area contributed by atoms with Gasteiger partial charge < -0.3 is 14.8 Å². The molecule has 6 nitrogen and oxygen atoms in total. The first kappa shape index (κ1) is 11.6. The van der Waals surface area contributed by atoms with Crippen LogP contribution in [-0.4, -0.2) is 45.7 Å². The van der Waals surface area contributed by atoms with Crippen molar-refractivity contribution in [3.05, 3.63) is 12.2 Å². The molecule has 0 radical (unpaired) electrons. The molecular weight excluding hydrogens is 194 g/mol. The van der Waals surface area contributed by atoms with Crippen LogP contribution in [-0.2, 0) is 18.4 Å². The van der Waals surface area contributed by atoms with Crippen LogP contribution in [0.15, 0.2) is 6.33 Å². The van der Waals surface area contributed by atoms with Gasteiger partial charge in [-0.15, -0.1) is 10.2 Å². The molecule has 0 aliphatic carbocycles. The number of likely N-dealkylation sites (N-methyl/N-ethyl adjacent to an activating group) is 1. The summed E-state index contributed by atoms with van der Waals surface area (Å²) in [4.78, 5) is 13.1. The first-order valence-corrected chi connectivity index (χ1v) is 4.92. The minimum absolute atomic E-state index is 0.0830. The molecule has 1 rings (SSSR count). The van der Waals surface area contributed by atoms with Gasteiger partial charge in [-0.3, -0.25) is 4.79 Å². The highest BCUT2D eigenvalue weighted by Gasteiger charge is 2.06. The third-order valence-corrected chi connectivity index (χ3v) is 2.26. The maximum atomic E-state index is 11.4. The van der Waals surface area contributed by atoms with Gasteiger partial charge in [0.25, 0.3) is 0 Å². The van der Waals surface area contributed by atoms with Gasteiger partial charge in [0, 0.05) is 20.6 Å². The van der Waals surface area contributed by atoms with Gasteiger partial charge >= 0.3 is 0 Å². The van der Waals surface area contributed by atoms with E-state index in [1.165, 1.54) is 0 Å². The van der Waals surface area contributed by atoms with Crippen LogP contribution >= 0.6 is 0 Å². The summed E-state index contributed by atoms with van der Waals surface area (Å²) in [5.74, 6) is 0.904. The van der Waals surface area contributed by atoms with E-state index in [1.807, 2.05) is 18.5 Å². The summed E-state index contributed by atoms with van der Waals surface area (Å²) in [7, 11) is 3.66. The Morgan fingerprint density at radius 3 is 2.93 bits per heavy atom. The third kappa shape index (κ3) is 3.32. The van der Waals surface area contributed by atoms with Crippen molar-refractivity contribution in [3.63, 3.8) is 0 Å². The van der Waals surface area contributed by atoms with E-state index in [0.717, 1.165) is 12.4 Å². The van der Waals surface area contributed by atoms with Crippen LogP contribution in [0.4, 0.5) is 0 Å². The fourth-order valence-corrected chi connectivity index (χ4v) is 1.06. The molecule has 1 N–H and O–H groups in total. The number of nitrogens with zero attached hydrogens (tertiary/aromatic N) is 4. The normalized spacial score (nSPS) is 10.3. The van der Waals surface area contributed by atoms with Gasteiger partial charge in [0.2, 0.25) is 5.91 Å². The second kappa shape index (κ2) is 5.45. The molecule has 0 unspecified atom stereocenters. The van der Waals surface area contributed by atoms with Gasteiger partial charge in [-0.2, -0.15) is 0 Å². The van der Waals surface area contributed by atoms with Gasteiger partial charge in [-0.05, 0) is 6.92 Å². The van der Waals surface area contributed by atoms with Crippen LogP contribution in [0.3, 0.4) is 0 Å². The van der Waals surface area contributed by atoms with E-state index in [0.29, 0.717) is 13.1 Å². The number of aromatic nitrogens is 3. The van der Waals surface area contributed by atoms with Crippen molar-refractivity contribution in [3.8, 4) is 0 Å². The van der Waals surface area contributed by atoms with Crippen LogP contribution in [0, 0.1) is 0 Å². The number of rotatable bonds is 5. The summed E-state index contributed by atoms with van der Waals surface area (Å²) in [6.45, 7) is 3.56. The SMILES string of the molecule is CCN(C)C(=O)CNCc1nncn1C. The quantitative estimate of drug-likeness (QED) is 0.705. The highest BCUT2D eigenvalue weighted by molar-refractivity contribution is 5.77. The lowest BCUT2D eigenvalue weighted by atomic mass is 10.4. The lowest BCUT2D eigenvalue weighted by molar-refractivity contribution is -0.128. The molecule has 0 bridgehead atoms. The topological polar surface area (TPSA) is 63.1 Å².